The molecule has 0 saturated heterocycles. The number of aliphatic hydroxyl groups excluding tert-OH is 1. The number of rotatable bonds is 6. The lowest BCUT2D eigenvalue weighted by Gasteiger charge is -2.37. The number of hydrogen-bond acceptors (Lipinski definition) is 3. The van der Waals surface area contributed by atoms with Crippen LogP contribution >= 0.6 is 0 Å². The highest BCUT2D eigenvalue weighted by molar-refractivity contribution is 6.87. The van der Waals surface area contributed by atoms with Gasteiger partial charge in [-0.3, -0.25) is 0 Å². The SMILES string of the molecule is C[Si](C)(C)O[Si](C)(C)O[Si](C)(C)CCO. The molecule has 0 aliphatic carbocycles. The van der Waals surface area contributed by atoms with Gasteiger partial charge in [0, 0.05) is 6.61 Å². The molecular formula is C9H26O3Si3. The highest BCUT2D eigenvalue weighted by Crippen LogP contribution is 2.22. The van der Waals surface area contributed by atoms with Crippen molar-refractivity contribution in [1.29, 1.82) is 0 Å². The van der Waals surface area contributed by atoms with Crippen molar-refractivity contribution in [2.75, 3.05) is 6.61 Å². The van der Waals surface area contributed by atoms with Gasteiger partial charge in [-0.25, -0.2) is 0 Å². The Bertz CT molecular complexity index is 199. The molecule has 0 heterocycles. The molecule has 0 aromatic rings. The third-order valence-corrected chi connectivity index (χ3v) is 11.8. The Labute approximate surface area is 97.3 Å². The van der Waals surface area contributed by atoms with Crippen LogP contribution < -0.4 is 0 Å². The van der Waals surface area contributed by atoms with E-state index in [1.165, 1.54) is 0 Å². The quantitative estimate of drug-likeness (QED) is 0.751. The van der Waals surface area contributed by atoms with Crippen molar-refractivity contribution in [3.05, 3.63) is 0 Å². The lowest BCUT2D eigenvalue weighted by Crippen LogP contribution is -2.51. The normalized spacial score (nSPS) is 14.4. The third-order valence-electron chi connectivity index (χ3n) is 1.79. The first-order chi connectivity index (χ1) is 6.47. The van der Waals surface area contributed by atoms with Gasteiger partial charge in [0.25, 0.3) is 0 Å². The minimum atomic E-state index is -2.00. The predicted octanol–water partition coefficient (Wildman–Crippen LogP) is 2.75. The second kappa shape index (κ2) is 5.24. The Balaban J connectivity index is 4.36. The summed E-state index contributed by atoms with van der Waals surface area (Å²) in [6, 6.07) is 0.790. The minimum absolute atomic E-state index is 0.219. The van der Waals surface area contributed by atoms with Crippen LogP contribution in [0.4, 0.5) is 0 Å². The van der Waals surface area contributed by atoms with Crippen LogP contribution in [-0.4, -0.2) is 36.9 Å². The summed E-state index contributed by atoms with van der Waals surface area (Å²) in [4.78, 5) is 0. The van der Waals surface area contributed by atoms with Crippen molar-refractivity contribution in [3.8, 4) is 0 Å². The predicted molar refractivity (Wildman–Crippen MR) is 72.4 cm³/mol. The summed E-state index contributed by atoms with van der Waals surface area (Å²) >= 11 is 0. The zero-order valence-corrected chi connectivity index (χ0v) is 14.2. The van der Waals surface area contributed by atoms with Crippen LogP contribution in [0.1, 0.15) is 0 Å². The molecule has 92 valence electrons. The smallest absolute Gasteiger partial charge is 0.311 e. The van der Waals surface area contributed by atoms with E-state index in [9.17, 15) is 0 Å². The molecule has 0 atom stereocenters. The Kier molecular flexibility index (Phi) is 5.43. The maximum Gasteiger partial charge on any atom is 0.311 e. The molecule has 0 saturated carbocycles. The maximum atomic E-state index is 8.97. The topological polar surface area (TPSA) is 38.7 Å². The molecule has 3 nitrogen and oxygen atoms in total. The van der Waals surface area contributed by atoms with E-state index in [4.69, 9.17) is 13.3 Å². The molecule has 0 aliphatic rings. The standard InChI is InChI=1S/C9H26O3Si3/c1-13(2,3)11-15(6,7)12-14(4,5)9-8-10/h10H,8-9H2,1-7H3. The zero-order valence-electron chi connectivity index (χ0n) is 11.2. The molecule has 0 spiro atoms. The van der Waals surface area contributed by atoms with Gasteiger partial charge in [-0.15, -0.1) is 0 Å². The molecule has 0 fully saturated rings. The van der Waals surface area contributed by atoms with E-state index in [1.807, 2.05) is 0 Å². The minimum Gasteiger partial charge on any atom is -0.437 e. The fraction of sp³-hybridized carbons (Fsp3) is 1.00. The monoisotopic (exact) mass is 266 g/mol. The number of hydrogen-bond donors (Lipinski definition) is 1. The van der Waals surface area contributed by atoms with E-state index in [1.54, 1.807) is 0 Å². The summed E-state index contributed by atoms with van der Waals surface area (Å²) in [5.74, 6) is 0. The summed E-state index contributed by atoms with van der Waals surface area (Å²) in [5.41, 5.74) is 0. The van der Waals surface area contributed by atoms with Gasteiger partial charge in [0.2, 0.25) is 0 Å². The van der Waals surface area contributed by atoms with Crippen LogP contribution in [0, 0.1) is 0 Å². The van der Waals surface area contributed by atoms with Gasteiger partial charge in [-0.2, -0.15) is 0 Å². The van der Waals surface area contributed by atoms with Crippen molar-refractivity contribution >= 4 is 25.2 Å². The van der Waals surface area contributed by atoms with Gasteiger partial charge in [0.15, 0.2) is 16.6 Å². The van der Waals surface area contributed by atoms with E-state index >= 15 is 0 Å². The average molecular weight is 267 g/mol. The van der Waals surface area contributed by atoms with Crippen LogP contribution in [0.15, 0.2) is 0 Å². The first-order valence-electron chi connectivity index (χ1n) is 5.49. The second-order valence-corrected chi connectivity index (χ2v) is 18.6. The van der Waals surface area contributed by atoms with Gasteiger partial charge in [0.1, 0.15) is 0 Å². The molecule has 0 unspecified atom stereocenters. The van der Waals surface area contributed by atoms with Gasteiger partial charge < -0.3 is 13.3 Å². The van der Waals surface area contributed by atoms with Crippen molar-refractivity contribution in [1.82, 2.24) is 0 Å². The molecule has 0 aromatic carbocycles. The third kappa shape index (κ3) is 8.35. The van der Waals surface area contributed by atoms with E-state index in [2.05, 4.69) is 45.8 Å². The Morgan fingerprint density at radius 1 is 0.867 bits per heavy atom. The zero-order chi connectivity index (χ0) is 12.3. The molecular weight excluding hydrogens is 240 g/mol. The van der Waals surface area contributed by atoms with Gasteiger partial charge >= 0.3 is 8.56 Å². The summed E-state index contributed by atoms with van der Waals surface area (Å²) < 4.78 is 12.3. The number of aliphatic hydroxyl groups is 1. The molecule has 0 amide bonds. The van der Waals surface area contributed by atoms with Crippen LogP contribution in [0.3, 0.4) is 0 Å². The highest BCUT2D eigenvalue weighted by atomic mass is 28.5. The van der Waals surface area contributed by atoms with Crippen molar-refractivity contribution in [2.24, 2.45) is 0 Å². The lowest BCUT2D eigenvalue weighted by molar-refractivity contribution is 0.307. The average Bonchev–Trinajstić information content (AvgIpc) is 1.74. The Hall–Kier alpha value is 0.531. The summed E-state index contributed by atoms with van der Waals surface area (Å²) in [5, 5.41) is 8.97. The first-order valence-corrected chi connectivity index (χ1v) is 14.8. The van der Waals surface area contributed by atoms with Crippen LogP contribution in [0.25, 0.3) is 0 Å². The Morgan fingerprint density at radius 3 is 1.67 bits per heavy atom. The van der Waals surface area contributed by atoms with E-state index < -0.39 is 25.2 Å². The fourth-order valence-electron chi connectivity index (χ4n) is 1.74. The maximum absolute atomic E-state index is 8.97. The van der Waals surface area contributed by atoms with Crippen molar-refractivity contribution in [3.63, 3.8) is 0 Å². The first kappa shape index (κ1) is 15.5. The van der Waals surface area contributed by atoms with Gasteiger partial charge in [0.05, 0.1) is 0 Å². The van der Waals surface area contributed by atoms with E-state index in [0.717, 1.165) is 6.04 Å². The van der Waals surface area contributed by atoms with Gasteiger partial charge in [-0.05, 0) is 51.9 Å². The second-order valence-electron chi connectivity index (χ2n) is 5.95. The molecule has 0 aliphatic heterocycles. The molecule has 6 heteroatoms. The summed E-state index contributed by atoms with van der Waals surface area (Å²) in [6.07, 6.45) is 0. The largest absolute Gasteiger partial charge is 0.437 e. The molecule has 15 heavy (non-hydrogen) atoms. The van der Waals surface area contributed by atoms with Crippen LogP contribution in [0.5, 0.6) is 0 Å². The van der Waals surface area contributed by atoms with Gasteiger partial charge in [-0.1, -0.05) is 0 Å². The summed E-state index contributed by atoms with van der Waals surface area (Å²) in [7, 11) is -5.25. The molecule has 0 radical (unpaired) electrons. The molecule has 0 aromatic heterocycles. The fourth-order valence-corrected chi connectivity index (χ4v) is 14.5. The van der Waals surface area contributed by atoms with Crippen LogP contribution in [0.2, 0.25) is 51.9 Å². The van der Waals surface area contributed by atoms with Crippen molar-refractivity contribution in [2.45, 2.75) is 51.9 Å². The highest BCUT2D eigenvalue weighted by Gasteiger charge is 2.37. The molecule has 0 rings (SSSR count). The van der Waals surface area contributed by atoms with E-state index in [0.29, 0.717) is 0 Å². The summed E-state index contributed by atoms with van der Waals surface area (Å²) in [6.45, 7) is 15.3. The lowest BCUT2D eigenvalue weighted by atomic mass is 10.9. The molecule has 1 N–H and O–H groups in total. The molecule has 0 bridgehead atoms. The Morgan fingerprint density at radius 2 is 1.33 bits per heavy atom. The van der Waals surface area contributed by atoms with Crippen molar-refractivity contribution < 1.29 is 13.3 Å². The van der Waals surface area contributed by atoms with E-state index in [-0.39, 0.29) is 6.61 Å². The van der Waals surface area contributed by atoms with Crippen LogP contribution in [-0.2, 0) is 8.23 Å².